The number of methoxy groups -OCH3 is 1. The normalized spacial score (nSPS) is 10.9. The summed E-state index contributed by atoms with van der Waals surface area (Å²) < 4.78 is 30.9. The first kappa shape index (κ1) is 16.7. The summed E-state index contributed by atoms with van der Waals surface area (Å²) in [5, 5.41) is 8.70. The summed E-state index contributed by atoms with van der Waals surface area (Å²) >= 11 is 0. The van der Waals surface area contributed by atoms with Crippen LogP contribution in [0.4, 0.5) is 0 Å². The minimum atomic E-state index is -3.32. The molecule has 0 radical (unpaired) electrons. The van der Waals surface area contributed by atoms with Gasteiger partial charge in [-0.3, -0.25) is 0 Å². The SMILES string of the molecule is COCCCS(=O)(=O)NCc1ccccc1C#CCO. The zero-order valence-electron chi connectivity index (χ0n) is 11.4. The highest BCUT2D eigenvalue weighted by Gasteiger charge is 2.10. The zero-order valence-corrected chi connectivity index (χ0v) is 12.2. The third-order valence-electron chi connectivity index (χ3n) is 2.56. The van der Waals surface area contributed by atoms with E-state index in [0.29, 0.717) is 18.6 Å². The Morgan fingerprint density at radius 3 is 2.80 bits per heavy atom. The molecule has 0 unspecified atom stereocenters. The third-order valence-corrected chi connectivity index (χ3v) is 3.97. The van der Waals surface area contributed by atoms with E-state index in [1.54, 1.807) is 12.1 Å². The minimum Gasteiger partial charge on any atom is -0.385 e. The molecule has 5 nitrogen and oxygen atoms in total. The van der Waals surface area contributed by atoms with Gasteiger partial charge in [-0.05, 0) is 18.1 Å². The number of ether oxygens (including phenoxy) is 1. The van der Waals surface area contributed by atoms with Gasteiger partial charge in [0.15, 0.2) is 0 Å². The Balaban J connectivity index is 2.65. The van der Waals surface area contributed by atoms with Crippen molar-refractivity contribution in [3.05, 3.63) is 35.4 Å². The summed E-state index contributed by atoms with van der Waals surface area (Å²) in [4.78, 5) is 0. The average Bonchev–Trinajstić information content (AvgIpc) is 2.44. The van der Waals surface area contributed by atoms with Gasteiger partial charge in [-0.2, -0.15) is 0 Å². The van der Waals surface area contributed by atoms with Gasteiger partial charge in [0.2, 0.25) is 10.0 Å². The van der Waals surface area contributed by atoms with Crippen molar-refractivity contribution in [3.63, 3.8) is 0 Å². The Morgan fingerprint density at radius 2 is 2.10 bits per heavy atom. The van der Waals surface area contributed by atoms with Crippen LogP contribution in [0.25, 0.3) is 0 Å². The topological polar surface area (TPSA) is 75.6 Å². The van der Waals surface area contributed by atoms with Crippen molar-refractivity contribution < 1.29 is 18.3 Å². The van der Waals surface area contributed by atoms with E-state index >= 15 is 0 Å². The first-order valence-corrected chi connectivity index (χ1v) is 7.88. The molecule has 110 valence electrons. The minimum absolute atomic E-state index is 0.0331. The van der Waals surface area contributed by atoms with Crippen LogP contribution in [0.15, 0.2) is 24.3 Å². The first-order chi connectivity index (χ1) is 9.59. The number of benzene rings is 1. The van der Waals surface area contributed by atoms with Crippen LogP contribution in [0.5, 0.6) is 0 Å². The molecule has 0 aliphatic rings. The molecule has 0 aliphatic heterocycles. The highest BCUT2D eigenvalue weighted by molar-refractivity contribution is 7.89. The summed E-state index contributed by atoms with van der Waals surface area (Å²) in [7, 11) is -1.78. The standard InChI is InChI=1S/C14H19NO4S/c1-19-10-5-11-20(17,18)15-12-14-7-3-2-6-13(14)8-4-9-16/h2-3,6-7,15-16H,5,9-12H2,1H3. The predicted molar refractivity (Wildman–Crippen MR) is 77.5 cm³/mol. The number of aliphatic hydroxyl groups excluding tert-OH is 1. The number of hydrogen-bond acceptors (Lipinski definition) is 4. The van der Waals surface area contributed by atoms with Gasteiger partial charge in [0.25, 0.3) is 0 Å². The lowest BCUT2D eigenvalue weighted by Gasteiger charge is -2.08. The molecule has 0 aliphatic carbocycles. The molecule has 0 fully saturated rings. The third kappa shape index (κ3) is 6.17. The lowest BCUT2D eigenvalue weighted by atomic mass is 10.1. The number of nitrogens with one attached hydrogen (secondary N) is 1. The van der Waals surface area contributed by atoms with E-state index in [-0.39, 0.29) is 18.9 Å². The molecule has 1 rings (SSSR count). The van der Waals surface area contributed by atoms with Crippen LogP contribution < -0.4 is 4.72 Å². The van der Waals surface area contributed by atoms with Crippen molar-refractivity contribution in [1.29, 1.82) is 0 Å². The monoisotopic (exact) mass is 297 g/mol. The van der Waals surface area contributed by atoms with Gasteiger partial charge in [0.1, 0.15) is 6.61 Å². The maximum Gasteiger partial charge on any atom is 0.211 e. The van der Waals surface area contributed by atoms with Gasteiger partial charge < -0.3 is 9.84 Å². The average molecular weight is 297 g/mol. The maximum atomic E-state index is 11.8. The summed E-state index contributed by atoms with van der Waals surface area (Å²) in [6.07, 6.45) is 0.456. The molecule has 0 atom stereocenters. The van der Waals surface area contributed by atoms with Crippen LogP contribution in [-0.4, -0.2) is 39.6 Å². The van der Waals surface area contributed by atoms with E-state index in [4.69, 9.17) is 9.84 Å². The lowest BCUT2D eigenvalue weighted by Crippen LogP contribution is -2.26. The number of aliphatic hydroxyl groups is 1. The van der Waals surface area contributed by atoms with E-state index in [1.807, 2.05) is 12.1 Å². The second-order valence-electron chi connectivity index (χ2n) is 4.10. The Kier molecular flexibility index (Phi) is 7.26. The van der Waals surface area contributed by atoms with Crippen LogP contribution in [-0.2, 0) is 21.3 Å². The molecule has 20 heavy (non-hydrogen) atoms. The molecule has 0 amide bonds. The molecule has 1 aromatic rings. The number of rotatable bonds is 7. The van der Waals surface area contributed by atoms with Crippen molar-refractivity contribution in [2.75, 3.05) is 26.1 Å². The molecule has 0 aromatic heterocycles. The van der Waals surface area contributed by atoms with Crippen LogP contribution >= 0.6 is 0 Å². The van der Waals surface area contributed by atoms with E-state index in [9.17, 15) is 8.42 Å². The molecule has 0 spiro atoms. The van der Waals surface area contributed by atoms with Crippen molar-refractivity contribution in [3.8, 4) is 11.8 Å². The fourth-order valence-corrected chi connectivity index (χ4v) is 2.60. The molecule has 0 bridgehead atoms. The van der Waals surface area contributed by atoms with E-state index in [2.05, 4.69) is 16.6 Å². The van der Waals surface area contributed by atoms with E-state index < -0.39 is 10.0 Å². The molecule has 2 N–H and O–H groups in total. The summed E-state index contributed by atoms with van der Waals surface area (Å²) in [5.74, 6) is 5.39. The second-order valence-corrected chi connectivity index (χ2v) is 6.03. The molecule has 1 aromatic carbocycles. The Morgan fingerprint density at radius 1 is 1.35 bits per heavy atom. The first-order valence-electron chi connectivity index (χ1n) is 6.23. The highest BCUT2D eigenvalue weighted by Crippen LogP contribution is 2.07. The van der Waals surface area contributed by atoms with Crippen molar-refractivity contribution in [2.45, 2.75) is 13.0 Å². The lowest BCUT2D eigenvalue weighted by molar-refractivity contribution is 0.199. The quantitative estimate of drug-likeness (QED) is 0.567. The molecule has 6 heteroatoms. The number of hydrogen-bond donors (Lipinski definition) is 2. The van der Waals surface area contributed by atoms with Gasteiger partial charge in [-0.1, -0.05) is 30.0 Å². The van der Waals surface area contributed by atoms with Gasteiger partial charge in [0.05, 0.1) is 5.75 Å². The van der Waals surface area contributed by atoms with Gasteiger partial charge in [-0.25, -0.2) is 13.1 Å². The number of sulfonamides is 1. The highest BCUT2D eigenvalue weighted by atomic mass is 32.2. The molecule has 0 heterocycles. The van der Waals surface area contributed by atoms with Crippen molar-refractivity contribution in [1.82, 2.24) is 4.72 Å². The smallest absolute Gasteiger partial charge is 0.211 e. The van der Waals surface area contributed by atoms with Crippen LogP contribution in [0, 0.1) is 11.8 Å². The maximum absolute atomic E-state index is 11.8. The van der Waals surface area contributed by atoms with E-state index in [1.165, 1.54) is 7.11 Å². The van der Waals surface area contributed by atoms with Crippen molar-refractivity contribution >= 4 is 10.0 Å². The molecule has 0 saturated carbocycles. The molecule has 0 saturated heterocycles. The second kappa shape index (κ2) is 8.72. The molecular formula is C14H19NO4S. The van der Waals surface area contributed by atoms with Gasteiger partial charge in [-0.15, -0.1) is 0 Å². The van der Waals surface area contributed by atoms with Crippen LogP contribution in [0.1, 0.15) is 17.5 Å². The van der Waals surface area contributed by atoms with Crippen LogP contribution in [0.2, 0.25) is 0 Å². The predicted octanol–water partition coefficient (Wildman–Crippen LogP) is 0.486. The zero-order chi connectivity index (χ0) is 14.8. The fourth-order valence-electron chi connectivity index (χ4n) is 1.58. The van der Waals surface area contributed by atoms with Gasteiger partial charge >= 0.3 is 0 Å². The molecular weight excluding hydrogens is 278 g/mol. The largest absolute Gasteiger partial charge is 0.385 e. The Labute approximate surface area is 120 Å². The van der Waals surface area contributed by atoms with E-state index in [0.717, 1.165) is 5.56 Å². The summed E-state index contributed by atoms with van der Waals surface area (Å²) in [6, 6.07) is 7.23. The Hall–Kier alpha value is -1.39. The Bertz CT molecular complexity index is 572. The van der Waals surface area contributed by atoms with Crippen LogP contribution in [0.3, 0.4) is 0 Å². The fraction of sp³-hybridized carbons (Fsp3) is 0.429. The van der Waals surface area contributed by atoms with Crippen molar-refractivity contribution in [2.24, 2.45) is 0 Å². The van der Waals surface area contributed by atoms with Gasteiger partial charge in [0, 0.05) is 25.8 Å². The summed E-state index contributed by atoms with van der Waals surface area (Å²) in [6.45, 7) is 0.377. The summed E-state index contributed by atoms with van der Waals surface area (Å²) in [5.41, 5.74) is 1.49.